The average Bonchev–Trinajstić information content (AvgIpc) is 3.11. The Balaban J connectivity index is 0.00000136. The number of carbonyl (C=O) groups excluding carboxylic acids is 4. The molecule has 3 rings (SSSR count). The number of nitrogens with two attached hydrogens (primary N) is 1. The van der Waals surface area contributed by atoms with Gasteiger partial charge in [-0.25, -0.2) is 4.79 Å². The van der Waals surface area contributed by atoms with Crippen LogP contribution in [0.1, 0.15) is 52.5 Å². The van der Waals surface area contributed by atoms with Crippen molar-refractivity contribution >= 4 is 29.5 Å². The van der Waals surface area contributed by atoms with Crippen LogP contribution >= 0.6 is 0 Å². The quantitative estimate of drug-likeness (QED) is 0.145. The summed E-state index contributed by atoms with van der Waals surface area (Å²) in [4.78, 5) is 61.5. The van der Waals surface area contributed by atoms with Crippen LogP contribution in [-0.4, -0.2) is 66.1 Å². The maximum Gasteiger partial charge on any atom is 0.490 e. The maximum absolute atomic E-state index is 13.8. The molecule has 0 aliphatic heterocycles. The molecule has 3 aromatic carbocycles. The zero-order valence-corrected chi connectivity index (χ0v) is 29.0. The SMILES string of the molecule is COc1ccc([C@H](NC(=O)[C@H](Cc2ccc(CN)cc2)NC(=O)c2cccc(C(F)(F)F)c2)C(=O)N[C@H](C(=O)C(F)(F)F)C(C)C)cc1.O=C(O)C(F)(F)F. The maximum atomic E-state index is 13.8. The number of benzene rings is 3. The van der Waals surface area contributed by atoms with E-state index < -0.39 is 83.2 Å². The third kappa shape index (κ3) is 13.9. The van der Waals surface area contributed by atoms with E-state index in [1.165, 1.54) is 45.2 Å². The second-order valence-corrected chi connectivity index (χ2v) is 11.9. The van der Waals surface area contributed by atoms with E-state index in [1.54, 1.807) is 24.3 Å². The first-order chi connectivity index (χ1) is 25.4. The van der Waals surface area contributed by atoms with Crippen LogP contribution in [0.15, 0.2) is 72.8 Å². The lowest BCUT2D eigenvalue weighted by Gasteiger charge is -2.27. The lowest BCUT2D eigenvalue weighted by molar-refractivity contribution is -0.192. The number of halogens is 9. The van der Waals surface area contributed by atoms with Gasteiger partial charge in [-0.2, -0.15) is 39.5 Å². The first-order valence-corrected chi connectivity index (χ1v) is 15.8. The summed E-state index contributed by atoms with van der Waals surface area (Å²) in [6, 6.07) is 10.5. The minimum absolute atomic E-state index is 0.0823. The zero-order valence-electron chi connectivity index (χ0n) is 29.0. The van der Waals surface area contributed by atoms with Crippen LogP contribution in [0.3, 0.4) is 0 Å². The highest BCUT2D eigenvalue weighted by Crippen LogP contribution is 2.30. The number of carboxylic acid groups (broad SMARTS) is 1. The summed E-state index contributed by atoms with van der Waals surface area (Å²) in [5.41, 5.74) is 5.47. The molecule has 0 radical (unpaired) electrons. The summed E-state index contributed by atoms with van der Waals surface area (Å²) in [7, 11) is 1.37. The van der Waals surface area contributed by atoms with Crippen LogP contribution in [0.4, 0.5) is 39.5 Å². The molecule has 20 heteroatoms. The van der Waals surface area contributed by atoms with Gasteiger partial charge >= 0.3 is 24.5 Å². The molecule has 300 valence electrons. The van der Waals surface area contributed by atoms with E-state index >= 15 is 0 Å². The van der Waals surface area contributed by atoms with Gasteiger partial charge in [0.15, 0.2) is 0 Å². The summed E-state index contributed by atoms with van der Waals surface area (Å²) in [5, 5.41) is 14.0. The second kappa shape index (κ2) is 19.1. The van der Waals surface area contributed by atoms with Gasteiger partial charge in [-0.15, -0.1) is 0 Å². The van der Waals surface area contributed by atoms with Crippen molar-refractivity contribution in [2.24, 2.45) is 11.7 Å². The van der Waals surface area contributed by atoms with Crippen molar-refractivity contribution in [1.82, 2.24) is 16.0 Å². The van der Waals surface area contributed by atoms with Crippen LogP contribution in [-0.2, 0) is 38.3 Å². The molecule has 11 nitrogen and oxygen atoms in total. The Morgan fingerprint density at radius 2 is 1.29 bits per heavy atom. The Morgan fingerprint density at radius 1 is 0.745 bits per heavy atom. The zero-order chi connectivity index (χ0) is 41.9. The fourth-order valence-corrected chi connectivity index (χ4v) is 4.62. The number of ether oxygens (including phenoxy) is 1. The summed E-state index contributed by atoms with van der Waals surface area (Å²) < 4.78 is 117. The molecule has 3 aromatic rings. The number of hydrogen-bond acceptors (Lipinski definition) is 7. The molecule has 0 saturated heterocycles. The highest BCUT2D eigenvalue weighted by Gasteiger charge is 2.46. The lowest BCUT2D eigenvalue weighted by atomic mass is 9.97. The number of alkyl halides is 9. The van der Waals surface area contributed by atoms with Gasteiger partial charge in [-0.05, 0) is 52.9 Å². The number of ketones is 1. The van der Waals surface area contributed by atoms with Gasteiger partial charge in [0.2, 0.25) is 11.8 Å². The molecule has 0 spiro atoms. The molecule has 3 amide bonds. The number of amides is 3. The van der Waals surface area contributed by atoms with Gasteiger partial charge in [0, 0.05) is 18.5 Å². The van der Waals surface area contributed by atoms with Gasteiger partial charge in [-0.3, -0.25) is 19.2 Å². The monoisotopic (exact) mass is 794 g/mol. The number of carbonyl (C=O) groups is 5. The molecule has 0 aliphatic carbocycles. The van der Waals surface area contributed by atoms with Gasteiger partial charge in [0.05, 0.1) is 18.7 Å². The van der Waals surface area contributed by atoms with Gasteiger partial charge in [0.1, 0.15) is 17.8 Å². The number of nitrogens with one attached hydrogen (secondary N) is 3. The van der Waals surface area contributed by atoms with Crippen molar-refractivity contribution in [1.29, 1.82) is 0 Å². The van der Waals surface area contributed by atoms with Crippen LogP contribution in [0.5, 0.6) is 5.75 Å². The molecule has 0 bridgehead atoms. The van der Waals surface area contributed by atoms with E-state index in [0.717, 1.165) is 23.8 Å². The van der Waals surface area contributed by atoms with E-state index in [9.17, 15) is 58.7 Å². The normalized spacial score (nSPS) is 13.3. The summed E-state index contributed by atoms with van der Waals surface area (Å²) in [5.74, 6) is -8.81. The highest BCUT2D eigenvalue weighted by molar-refractivity contribution is 5.99. The third-order valence-corrected chi connectivity index (χ3v) is 7.54. The lowest BCUT2D eigenvalue weighted by Crippen LogP contribution is -2.55. The van der Waals surface area contributed by atoms with Crippen molar-refractivity contribution in [3.05, 3.63) is 101 Å². The number of methoxy groups -OCH3 is 1. The molecule has 55 heavy (non-hydrogen) atoms. The Kier molecular flexibility index (Phi) is 15.8. The Bertz CT molecular complexity index is 1800. The Hall–Kier alpha value is -5.66. The van der Waals surface area contributed by atoms with Crippen molar-refractivity contribution < 1.29 is 73.3 Å². The smallest absolute Gasteiger partial charge is 0.490 e. The standard InChI is InChI=1S/C33H34F6N4O5.C2HF3O2/c1-18(2)26(28(44)33(37,38)39)42-31(47)27(21-11-13-24(48-3)14-12-21)43-30(46)25(15-19-7-9-20(17-40)10-8-19)41-29(45)22-5-4-6-23(16-22)32(34,35)36;3-2(4,5)1(6)7/h4-14,16,18,25-27H,15,17,40H2,1-3H3,(H,41,45)(H,42,47)(H,43,46);(H,6,7)/t25-,26-,27-;/m0./s1. The molecule has 0 heterocycles. The Morgan fingerprint density at radius 3 is 1.75 bits per heavy atom. The van der Waals surface area contributed by atoms with Gasteiger partial charge in [-0.1, -0.05) is 56.3 Å². The first kappa shape index (κ1) is 45.5. The molecule has 6 N–H and O–H groups in total. The average molecular weight is 795 g/mol. The van der Waals surface area contributed by atoms with E-state index in [2.05, 4.69) is 16.0 Å². The topological polar surface area (TPSA) is 177 Å². The van der Waals surface area contributed by atoms with Crippen LogP contribution in [0, 0.1) is 5.92 Å². The second-order valence-electron chi connectivity index (χ2n) is 11.9. The number of aliphatic carboxylic acids is 1. The molecule has 0 fully saturated rings. The van der Waals surface area contributed by atoms with Crippen LogP contribution in [0.2, 0.25) is 0 Å². The van der Waals surface area contributed by atoms with Crippen LogP contribution < -0.4 is 26.4 Å². The number of carboxylic acids is 1. The number of rotatable bonds is 13. The summed E-state index contributed by atoms with van der Waals surface area (Å²) in [6.07, 6.45) is -15.3. The predicted molar refractivity (Wildman–Crippen MR) is 176 cm³/mol. The molecule has 0 saturated carbocycles. The minimum atomic E-state index is -5.26. The van der Waals surface area contributed by atoms with E-state index in [-0.39, 0.29) is 18.5 Å². The largest absolute Gasteiger partial charge is 0.497 e. The highest BCUT2D eigenvalue weighted by atomic mass is 19.4. The van der Waals surface area contributed by atoms with Crippen molar-refractivity contribution in [3.8, 4) is 5.75 Å². The van der Waals surface area contributed by atoms with Gasteiger partial charge in [0.25, 0.3) is 11.7 Å². The van der Waals surface area contributed by atoms with Crippen LogP contribution in [0.25, 0.3) is 0 Å². The number of Topliss-reactive ketones (excluding diaryl/α,β-unsaturated/α-hetero) is 1. The predicted octanol–water partition coefficient (Wildman–Crippen LogP) is 5.28. The van der Waals surface area contributed by atoms with E-state index in [1.807, 2.05) is 0 Å². The van der Waals surface area contributed by atoms with Crippen molar-refractivity contribution in [2.75, 3.05) is 7.11 Å². The van der Waals surface area contributed by atoms with E-state index in [0.29, 0.717) is 17.4 Å². The van der Waals surface area contributed by atoms with Gasteiger partial charge < -0.3 is 31.5 Å². The fraction of sp³-hybridized carbons (Fsp3) is 0.343. The Labute approximate surface area is 307 Å². The summed E-state index contributed by atoms with van der Waals surface area (Å²) in [6.45, 7) is 2.80. The molecular weight excluding hydrogens is 759 g/mol. The third-order valence-electron chi connectivity index (χ3n) is 7.54. The molecule has 3 atom stereocenters. The first-order valence-electron chi connectivity index (χ1n) is 15.8. The van der Waals surface area contributed by atoms with Crippen molar-refractivity contribution in [2.45, 2.75) is 63.5 Å². The minimum Gasteiger partial charge on any atom is -0.497 e. The molecule has 0 unspecified atom stereocenters. The van der Waals surface area contributed by atoms with Crippen molar-refractivity contribution in [3.63, 3.8) is 0 Å². The summed E-state index contributed by atoms with van der Waals surface area (Å²) >= 11 is 0. The molecular formula is C35H35F9N4O7. The number of hydrogen-bond donors (Lipinski definition) is 5. The molecule has 0 aromatic heterocycles. The molecule has 0 aliphatic rings. The fourth-order valence-electron chi connectivity index (χ4n) is 4.62. The van der Waals surface area contributed by atoms with E-state index in [4.69, 9.17) is 20.4 Å².